The summed E-state index contributed by atoms with van der Waals surface area (Å²) in [4.78, 5) is -0.787. The van der Waals surface area contributed by atoms with Gasteiger partial charge in [0.05, 0.1) is 55.0 Å². The van der Waals surface area contributed by atoms with Crippen LogP contribution in [0.4, 0.5) is 0 Å². The van der Waals surface area contributed by atoms with Gasteiger partial charge >= 0.3 is 0 Å². The number of hydrogen-bond acceptors (Lipinski definition) is 8. The summed E-state index contributed by atoms with van der Waals surface area (Å²) in [6.45, 7) is 8.30. The molecule has 1 unspecified atom stereocenters. The summed E-state index contributed by atoms with van der Waals surface area (Å²) in [5.74, 6) is -0.654. The number of nitrogens with zero attached hydrogens (tertiary/aromatic N) is 7. The molecule has 142 valence electrons. The Morgan fingerprint density at radius 1 is 0.615 bits per heavy atom. The van der Waals surface area contributed by atoms with Crippen molar-refractivity contribution in [1.82, 2.24) is 0 Å². The van der Waals surface area contributed by atoms with Crippen LogP contribution >= 0.6 is 23.2 Å². The Bertz CT molecular complexity index is 425. The zero-order chi connectivity index (χ0) is 22.8. The number of nitriles is 7. The lowest BCUT2D eigenvalue weighted by Gasteiger charge is -2.02. The Morgan fingerprint density at radius 3 is 0.769 bits per heavy atom. The maximum absolute atomic E-state index is 8.31. The first-order valence-corrected chi connectivity index (χ1v) is 7.22. The number of rotatable bonds is 2. The molecule has 0 aliphatic rings. The van der Waals surface area contributed by atoms with Crippen LogP contribution in [-0.2, 0) is 0 Å². The molecule has 1 N–H and O–H groups in total. The van der Waals surface area contributed by atoms with Crippen molar-refractivity contribution in [2.45, 2.75) is 46.4 Å². The molecule has 0 aromatic heterocycles. The first kappa shape index (κ1) is 43.5. The maximum Gasteiger partial charge on any atom is 0.125 e. The molecule has 0 aromatic carbocycles. The Balaban J connectivity index is -0.0000000346. The van der Waals surface area contributed by atoms with E-state index in [2.05, 4.69) is 0 Å². The topological polar surface area (TPSA) is 187 Å². The summed E-state index contributed by atoms with van der Waals surface area (Å²) in [6, 6.07) is 12.2. The predicted molar refractivity (Wildman–Crippen MR) is 99.4 cm³/mol. The van der Waals surface area contributed by atoms with Gasteiger partial charge in [-0.3, -0.25) is 0 Å². The van der Waals surface area contributed by atoms with Crippen LogP contribution in [0.1, 0.15) is 41.5 Å². The molecule has 26 heavy (non-hydrogen) atoms. The Morgan fingerprint density at radius 2 is 0.769 bits per heavy atom. The molecule has 0 saturated carbocycles. The molecule has 0 saturated heterocycles. The summed E-state index contributed by atoms with van der Waals surface area (Å²) >= 11 is 10.5. The van der Waals surface area contributed by atoms with Crippen LogP contribution in [0.5, 0.6) is 0 Å². The molecule has 0 heterocycles. The van der Waals surface area contributed by atoms with Crippen molar-refractivity contribution in [2.75, 3.05) is 6.61 Å². The van der Waals surface area contributed by atoms with E-state index in [4.69, 9.17) is 65.1 Å². The number of hydrogen-bond donors (Lipinski definition) is 1. The second-order valence-corrected chi connectivity index (χ2v) is 3.76. The molecule has 0 aromatic rings. The van der Waals surface area contributed by atoms with E-state index >= 15 is 0 Å². The number of alkyl halides is 2. The van der Waals surface area contributed by atoms with E-state index in [1.807, 2.05) is 0 Å². The van der Waals surface area contributed by atoms with E-state index in [1.54, 1.807) is 42.5 Å². The molecular formula is C16H23Cl2N7O. The van der Waals surface area contributed by atoms with Crippen molar-refractivity contribution >= 4 is 23.2 Å². The van der Waals surface area contributed by atoms with E-state index in [0.29, 0.717) is 0 Å². The third kappa shape index (κ3) is 339. The average Bonchev–Trinajstić information content (AvgIpc) is 2.53. The molecular weight excluding hydrogens is 377 g/mol. The summed E-state index contributed by atoms with van der Waals surface area (Å²) < 4.78 is 0. The average molecular weight is 400 g/mol. The first-order chi connectivity index (χ1) is 12.2. The van der Waals surface area contributed by atoms with Crippen molar-refractivity contribution in [1.29, 1.82) is 36.8 Å². The number of aliphatic hydroxyl groups excluding tert-OH is 1. The van der Waals surface area contributed by atoms with E-state index in [0.717, 1.165) is 0 Å². The van der Waals surface area contributed by atoms with Crippen LogP contribution in [0, 0.1) is 85.2 Å². The molecule has 0 spiro atoms. The normalized spacial score (nSPS) is 5.96. The Kier molecular flexibility index (Phi) is 134. The van der Waals surface area contributed by atoms with Crippen LogP contribution in [0.2, 0.25) is 0 Å². The van der Waals surface area contributed by atoms with Gasteiger partial charge in [0.25, 0.3) is 0 Å². The van der Waals surface area contributed by atoms with Gasteiger partial charge in [-0.2, -0.15) is 36.8 Å². The van der Waals surface area contributed by atoms with Gasteiger partial charge in [0, 0.05) is 41.5 Å². The van der Waals surface area contributed by atoms with Crippen molar-refractivity contribution in [2.24, 2.45) is 5.92 Å². The van der Waals surface area contributed by atoms with Gasteiger partial charge in [0.1, 0.15) is 4.84 Å². The van der Waals surface area contributed by atoms with Crippen molar-refractivity contribution in [3.05, 3.63) is 0 Å². The highest BCUT2D eigenvalue weighted by Crippen LogP contribution is 2.12. The molecule has 0 fully saturated rings. The highest BCUT2D eigenvalue weighted by molar-refractivity contribution is 6.44. The largest absolute Gasteiger partial charge is 0.395 e. The lowest BCUT2D eigenvalue weighted by atomic mass is 10.2. The first-order valence-electron chi connectivity index (χ1n) is 6.35. The minimum Gasteiger partial charge on any atom is -0.395 e. The zero-order valence-corrected chi connectivity index (χ0v) is 17.2. The van der Waals surface area contributed by atoms with Gasteiger partial charge in [-0.25, -0.2) is 0 Å². The highest BCUT2D eigenvalue weighted by Gasteiger charge is 2.13. The number of halogens is 2. The fourth-order valence-electron chi connectivity index (χ4n) is 0.177. The molecule has 0 aliphatic heterocycles. The molecule has 0 aliphatic carbocycles. The lowest BCUT2D eigenvalue weighted by molar-refractivity contribution is 0.262. The molecule has 0 amide bonds. The van der Waals surface area contributed by atoms with Crippen LogP contribution < -0.4 is 0 Å². The third-order valence-electron chi connectivity index (χ3n) is 0.667. The van der Waals surface area contributed by atoms with E-state index in [9.17, 15) is 0 Å². The van der Waals surface area contributed by atoms with Crippen LogP contribution in [0.25, 0.3) is 0 Å². The molecule has 10 heteroatoms. The van der Waals surface area contributed by atoms with Crippen LogP contribution in [0.3, 0.4) is 0 Å². The van der Waals surface area contributed by atoms with Crippen molar-refractivity contribution in [3.63, 3.8) is 0 Å². The monoisotopic (exact) mass is 399 g/mol. The Hall–Kier alpha value is -3.03. The van der Waals surface area contributed by atoms with Crippen LogP contribution in [-0.4, -0.2) is 16.5 Å². The van der Waals surface area contributed by atoms with Gasteiger partial charge in [-0.1, -0.05) is 0 Å². The van der Waals surface area contributed by atoms with Gasteiger partial charge < -0.3 is 5.11 Å². The standard InChI is InChI=1S/C4H5Cl2NO.6C2H3N/c5-4(6)3(1-7)2-8;6*1-2-3/h3-4,8H,2H2;6*1H3. The molecule has 0 rings (SSSR count). The molecule has 0 bridgehead atoms. The molecule has 8 nitrogen and oxygen atoms in total. The van der Waals surface area contributed by atoms with Crippen LogP contribution in [0.15, 0.2) is 0 Å². The summed E-state index contributed by atoms with van der Waals surface area (Å²) in [5, 5.41) is 60.3. The van der Waals surface area contributed by atoms with Crippen molar-refractivity contribution in [3.8, 4) is 42.5 Å². The summed E-state index contributed by atoms with van der Waals surface area (Å²) in [7, 11) is 0. The van der Waals surface area contributed by atoms with Gasteiger partial charge in [0.2, 0.25) is 0 Å². The third-order valence-corrected chi connectivity index (χ3v) is 1.28. The Labute approximate surface area is 166 Å². The van der Waals surface area contributed by atoms with Gasteiger partial charge in [0.15, 0.2) is 0 Å². The minimum atomic E-state index is -0.787. The highest BCUT2D eigenvalue weighted by atomic mass is 35.5. The van der Waals surface area contributed by atoms with Gasteiger partial charge in [-0.05, 0) is 0 Å². The molecule has 0 radical (unpaired) electrons. The minimum absolute atomic E-state index is 0.284. The van der Waals surface area contributed by atoms with E-state index in [-0.39, 0.29) is 6.61 Å². The molecule has 1 atom stereocenters. The van der Waals surface area contributed by atoms with Crippen molar-refractivity contribution < 1.29 is 5.11 Å². The maximum atomic E-state index is 8.31. The summed E-state index contributed by atoms with van der Waals surface area (Å²) in [5.41, 5.74) is 0. The smallest absolute Gasteiger partial charge is 0.125 e. The number of aliphatic hydroxyl groups is 1. The van der Waals surface area contributed by atoms with E-state index in [1.165, 1.54) is 41.5 Å². The quantitative estimate of drug-likeness (QED) is 0.670. The SMILES string of the molecule is CC#N.CC#N.CC#N.CC#N.CC#N.CC#N.N#CC(CO)C(Cl)Cl. The second kappa shape index (κ2) is 80.3. The summed E-state index contributed by atoms with van der Waals surface area (Å²) in [6.07, 6.45) is 0. The second-order valence-electron chi connectivity index (χ2n) is 2.59. The fourth-order valence-corrected chi connectivity index (χ4v) is 0.449. The predicted octanol–water partition coefficient (Wildman–Crippen LogP) is 4.10. The van der Waals surface area contributed by atoms with Gasteiger partial charge in [-0.15, -0.1) is 23.2 Å². The van der Waals surface area contributed by atoms with E-state index < -0.39 is 10.8 Å². The fraction of sp³-hybridized carbons (Fsp3) is 0.562. The lowest BCUT2D eigenvalue weighted by Crippen LogP contribution is -2.10. The zero-order valence-electron chi connectivity index (χ0n) is 15.7.